The van der Waals surface area contributed by atoms with Crippen LogP contribution in [0.25, 0.3) is 0 Å². The molecule has 1 aromatic rings. The Labute approximate surface area is 121 Å². The molecule has 0 aliphatic rings. The van der Waals surface area contributed by atoms with Gasteiger partial charge in [-0.25, -0.2) is 5.06 Å². The van der Waals surface area contributed by atoms with Crippen molar-refractivity contribution in [1.29, 1.82) is 0 Å². The Morgan fingerprint density at radius 1 is 1.21 bits per heavy atom. The first-order valence-electron chi connectivity index (χ1n) is 5.98. The Balaban J connectivity index is 0.00000324. The van der Waals surface area contributed by atoms with Crippen molar-refractivity contribution < 1.29 is 17.2 Å². The molecular formula is C11H23ClN6O. The molecule has 0 bridgehead atoms. The molecule has 0 saturated heterocycles. The van der Waals surface area contributed by atoms with E-state index >= 15 is 0 Å². The third kappa shape index (κ3) is 5.14. The maximum atomic E-state index is 5.11. The van der Waals surface area contributed by atoms with Crippen molar-refractivity contribution in [2.45, 2.75) is 13.3 Å². The molecule has 1 heterocycles. The molecule has 0 radical (unpaired) electrons. The van der Waals surface area contributed by atoms with Crippen molar-refractivity contribution in [3.8, 4) is 0 Å². The standard InChI is InChI=1S/C11H23N6O.ClH/c1-7-8-12-9-13-10(16(2)18-6)15-11(14-9)17(3,4)5;/h7-8H2,1-6H3,(H,12,13,14,15);1H/q+1;/p-1. The number of rotatable bonds is 6. The predicted molar refractivity (Wildman–Crippen MR) is 73.6 cm³/mol. The van der Waals surface area contributed by atoms with Gasteiger partial charge >= 0.3 is 5.95 Å². The molecule has 0 atom stereocenters. The Morgan fingerprint density at radius 2 is 1.84 bits per heavy atom. The molecule has 0 spiro atoms. The van der Waals surface area contributed by atoms with Crippen LogP contribution in [-0.2, 0) is 4.84 Å². The molecule has 7 nitrogen and oxygen atoms in total. The number of quaternary nitrogens is 1. The number of halogens is 1. The van der Waals surface area contributed by atoms with E-state index < -0.39 is 0 Å². The van der Waals surface area contributed by atoms with Crippen LogP contribution in [0.3, 0.4) is 0 Å². The van der Waals surface area contributed by atoms with E-state index in [1.54, 1.807) is 14.2 Å². The average molecular weight is 291 g/mol. The van der Waals surface area contributed by atoms with Gasteiger partial charge in [0.05, 0.1) is 28.3 Å². The van der Waals surface area contributed by atoms with Crippen LogP contribution in [0.15, 0.2) is 0 Å². The van der Waals surface area contributed by atoms with Crippen molar-refractivity contribution in [2.75, 3.05) is 52.2 Å². The Morgan fingerprint density at radius 3 is 2.32 bits per heavy atom. The number of nitrogens with one attached hydrogen (secondary N) is 1. The number of hydrogen-bond donors (Lipinski definition) is 1. The minimum absolute atomic E-state index is 0. The molecule has 0 aliphatic carbocycles. The third-order valence-electron chi connectivity index (χ3n) is 2.30. The van der Waals surface area contributed by atoms with E-state index in [1.807, 2.05) is 21.1 Å². The van der Waals surface area contributed by atoms with Gasteiger partial charge in [-0.05, 0) is 6.42 Å². The summed E-state index contributed by atoms with van der Waals surface area (Å²) in [6.45, 7) is 2.92. The fraction of sp³-hybridized carbons (Fsp3) is 0.727. The highest BCUT2D eigenvalue weighted by Gasteiger charge is 2.20. The monoisotopic (exact) mass is 290 g/mol. The second-order valence-electron chi connectivity index (χ2n) is 4.88. The number of nitrogens with zero attached hydrogens (tertiary/aromatic N) is 5. The van der Waals surface area contributed by atoms with Crippen molar-refractivity contribution in [3.05, 3.63) is 0 Å². The first kappa shape index (κ1) is 17.8. The van der Waals surface area contributed by atoms with Gasteiger partial charge in [0.15, 0.2) is 0 Å². The van der Waals surface area contributed by atoms with Crippen LogP contribution in [0.2, 0.25) is 0 Å². The van der Waals surface area contributed by atoms with Crippen molar-refractivity contribution in [2.24, 2.45) is 0 Å². The lowest BCUT2D eigenvalue weighted by Gasteiger charge is -2.22. The molecule has 1 rings (SSSR count). The summed E-state index contributed by atoms with van der Waals surface area (Å²) in [6, 6.07) is 0. The summed E-state index contributed by atoms with van der Waals surface area (Å²) in [5.74, 6) is 1.76. The molecule has 8 heteroatoms. The topological polar surface area (TPSA) is 63.2 Å². The molecule has 0 aliphatic heterocycles. The zero-order valence-electron chi connectivity index (χ0n) is 12.4. The summed E-state index contributed by atoms with van der Waals surface area (Å²) in [5, 5.41) is 4.68. The highest BCUT2D eigenvalue weighted by molar-refractivity contribution is 5.41. The van der Waals surface area contributed by atoms with Crippen LogP contribution in [-0.4, -0.2) is 56.8 Å². The molecule has 19 heavy (non-hydrogen) atoms. The van der Waals surface area contributed by atoms with E-state index in [2.05, 4.69) is 27.2 Å². The first-order chi connectivity index (χ1) is 8.38. The number of hydroxylamine groups is 1. The molecule has 0 saturated carbocycles. The average Bonchev–Trinajstić information content (AvgIpc) is 2.33. The fourth-order valence-electron chi connectivity index (χ4n) is 1.19. The van der Waals surface area contributed by atoms with E-state index in [9.17, 15) is 0 Å². The third-order valence-corrected chi connectivity index (χ3v) is 2.30. The van der Waals surface area contributed by atoms with Gasteiger partial charge in [-0.1, -0.05) is 6.92 Å². The van der Waals surface area contributed by atoms with Gasteiger partial charge in [0.25, 0.3) is 5.95 Å². The summed E-state index contributed by atoms with van der Waals surface area (Å²) < 4.78 is 0.522. The molecule has 1 aromatic heterocycles. The second kappa shape index (κ2) is 7.42. The highest BCUT2D eigenvalue weighted by atomic mass is 35.5. The molecule has 1 N–H and O–H groups in total. The minimum Gasteiger partial charge on any atom is -1.00 e. The molecule has 0 unspecified atom stereocenters. The Bertz CT molecular complexity index is 395. The summed E-state index contributed by atoms with van der Waals surface area (Å²) in [5.41, 5.74) is 0. The Hall–Kier alpha value is -1.18. The normalized spacial score (nSPS) is 10.8. The first-order valence-corrected chi connectivity index (χ1v) is 5.98. The van der Waals surface area contributed by atoms with Crippen molar-refractivity contribution in [3.63, 3.8) is 0 Å². The summed E-state index contributed by atoms with van der Waals surface area (Å²) in [7, 11) is 9.37. The summed E-state index contributed by atoms with van der Waals surface area (Å²) in [6.07, 6.45) is 1.01. The van der Waals surface area contributed by atoms with Crippen LogP contribution in [0.4, 0.5) is 17.8 Å². The lowest BCUT2D eigenvalue weighted by molar-refractivity contribution is -0.00000492. The maximum Gasteiger partial charge on any atom is 0.334 e. The van der Waals surface area contributed by atoms with Crippen LogP contribution in [0, 0.1) is 0 Å². The predicted octanol–water partition coefficient (Wildman–Crippen LogP) is -2.11. The number of anilines is 2. The molecule has 110 valence electrons. The van der Waals surface area contributed by atoms with Gasteiger partial charge in [0.2, 0.25) is 5.95 Å². The minimum atomic E-state index is 0. The molecule has 0 aromatic carbocycles. The lowest BCUT2D eigenvalue weighted by atomic mass is 10.5. The van der Waals surface area contributed by atoms with Gasteiger partial charge in [-0.15, -0.1) is 9.97 Å². The second-order valence-corrected chi connectivity index (χ2v) is 4.88. The quantitative estimate of drug-likeness (QED) is 0.478. The SMILES string of the molecule is CCCNc1nc(N(C)OC)nc([N+](C)(C)C)n1.[Cl-]. The zero-order valence-corrected chi connectivity index (χ0v) is 13.2. The fourth-order valence-corrected chi connectivity index (χ4v) is 1.19. The van der Waals surface area contributed by atoms with Crippen LogP contribution in [0.5, 0.6) is 0 Å². The van der Waals surface area contributed by atoms with Gasteiger partial charge in [-0.3, -0.25) is 9.32 Å². The summed E-state index contributed by atoms with van der Waals surface area (Å²) >= 11 is 0. The van der Waals surface area contributed by atoms with Gasteiger partial charge in [0.1, 0.15) is 0 Å². The van der Waals surface area contributed by atoms with Crippen LogP contribution in [0.1, 0.15) is 13.3 Å². The maximum absolute atomic E-state index is 5.11. The molecular weight excluding hydrogens is 268 g/mol. The van der Waals surface area contributed by atoms with Crippen LogP contribution >= 0.6 is 0 Å². The van der Waals surface area contributed by atoms with E-state index in [0.29, 0.717) is 22.3 Å². The highest BCUT2D eigenvalue weighted by Crippen LogP contribution is 2.17. The number of hydrogen-bond acceptors (Lipinski definition) is 6. The largest absolute Gasteiger partial charge is 1.00 e. The van der Waals surface area contributed by atoms with E-state index in [0.717, 1.165) is 13.0 Å². The smallest absolute Gasteiger partial charge is 0.334 e. The van der Waals surface area contributed by atoms with Crippen molar-refractivity contribution in [1.82, 2.24) is 19.4 Å². The zero-order chi connectivity index (χ0) is 13.8. The Kier molecular flexibility index (Phi) is 6.96. The van der Waals surface area contributed by atoms with E-state index in [4.69, 9.17) is 4.84 Å². The molecule has 0 amide bonds. The van der Waals surface area contributed by atoms with Gasteiger partial charge in [0, 0.05) is 13.6 Å². The number of aromatic nitrogens is 3. The molecule has 0 fully saturated rings. The van der Waals surface area contributed by atoms with E-state index in [-0.39, 0.29) is 12.4 Å². The van der Waals surface area contributed by atoms with Crippen molar-refractivity contribution >= 4 is 17.8 Å². The van der Waals surface area contributed by atoms with Crippen LogP contribution < -0.4 is 27.3 Å². The summed E-state index contributed by atoms with van der Waals surface area (Å²) in [4.78, 5) is 18.2. The van der Waals surface area contributed by atoms with E-state index in [1.165, 1.54) is 5.06 Å². The van der Waals surface area contributed by atoms with Gasteiger partial charge < -0.3 is 17.7 Å². The van der Waals surface area contributed by atoms with Gasteiger partial charge in [-0.2, -0.15) is 4.98 Å². The lowest BCUT2D eigenvalue weighted by Crippen LogP contribution is -3.00.